The minimum atomic E-state index is -1.08. The predicted octanol–water partition coefficient (Wildman–Crippen LogP) is 2.43. The van der Waals surface area contributed by atoms with Gasteiger partial charge < -0.3 is 9.52 Å². The molecular weight excluding hydrogens is 272 g/mol. The highest BCUT2D eigenvalue weighted by Crippen LogP contribution is 2.24. The van der Waals surface area contributed by atoms with Crippen molar-refractivity contribution in [3.05, 3.63) is 29.2 Å². The highest BCUT2D eigenvalue weighted by molar-refractivity contribution is 5.86. The SMILES string of the molecule is CC(C)c1c(C(=O)O)nnn1Cc1ncc(C(C)(C)C)o1. The van der Waals surface area contributed by atoms with Crippen molar-refractivity contribution in [1.82, 2.24) is 20.0 Å². The van der Waals surface area contributed by atoms with Gasteiger partial charge in [0.15, 0.2) is 5.69 Å². The highest BCUT2D eigenvalue weighted by Gasteiger charge is 2.23. The second-order valence-corrected chi connectivity index (χ2v) is 6.31. The number of nitrogens with zero attached hydrogens (tertiary/aromatic N) is 4. The zero-order valence-corrected chi connectivity index (χ0v) is 12.9. The van der Waals surface area contributed by atoms with Crippen LogP contribution in [0.2, 0.25) is 0 Å². The van der Waals surface area contributed by atoms with Gasteiger partial charge in [0.1, 0.15) is 12.3 Å². The van der Waals surface area contributed by atoms with E-state index in [9.17, 15) is 4.79 Å². The van der Waals surface area contributed by atoms with Crippen molar-refractivity contribution in [2.45, 2.75) is 52.5 Å². The number of aromatic carboxylic acids is 1. The van der Waals surface area contributed by atoms with E-state index in [0.717, 1.165) is 5.76 Å². The lowest BCUT2D eigenvalue weighted by atomic mass is 9.94. The number of hydrogen-bond acceptors (Lipinski definition) is 5. The van der Waals surface area contributed by atoms with E-state index in [2.05, 4.69) is 15.3 Å². The van der Waals surface area contributed by atoms with Crippen LogP contribution in [0.25, 0.3) is 0 Å². The minimum Gasteiger partial charge on any atom is -0.476 e. The van der Waals surface area contributed by atoms with E-state index in [0.29, 0.717) is 11.6 Å². The fourth-order valence-electron chi connectivity index (χ4n) is 2.02. The van der Waals surface area contributed by atoms with E-state index in [1.807, 2.05) is 34.6 Å². The van der Waals surface area contributed by atoms with Crippen LogP contribution in [0, 0.1) is 0 Å². The van der Waals surface area contributed by atoms with Crippen LogP contribution in [0.1, 0.15) is 68.4 Å². The van der Waals surface area contributed by atoms with Crippen molar-refractivity contribution >= 4 is 5.97 Å². The van der Waals surface area contributed by atoms with Crippen LogP contribution in [0.3, 0.4) is 0 Å². The van der Waals surface area contributed by atoms with Gasteiger partial charge in [-0.1, -0.05) is 39.8 Å². The summed E-state index contributed by atoms with van der Waals surface area (Å²) in [6.07, 6.45) is 1.69. The first kappa shape index (κ1) is 15.2. The molecule has 1 N–H and O–H groups in total. The van der Waals surface area contributed by atoms with E-state index in [4.69, 9.17) is 9.52 Å². The van der Waals surface area contributed by atoms with E-state index in [-0.39, 0.29) is 23.6 Å². The Kier molecular flexibility index (Phi) is 3.85. The first-order valence-electron chi connectivity index (χ1n) is 6.82. The summed E-state index contributed by atoms with van der Waals surface area (Å²) in [5, 5.41) is 16.8. The second-order valence-electron chi connectivity index (χ2n) is 6.31. The fourth-order valence-corrected chi connectivity index (χ4v) is 2.02. The Bertz CT molecular complexity index is 649. The normalized spacial score (nSPS) is 12.1. The molecule has 0 saturated carbocycles. The number of carboxylic acids is 1. The smallest absolute Gasteiger partial charge is 0.358 e. The van der Waals surface area contributed by atoms with Crippen molar-refractivity contribution in [3.8, 4) is 0 Å². The van der Waals surface area contributed by atoms with Gasteiger partial charge in [-0.15, -0.1) is 5.10 Å². The predicted molar refractivity (Wildman–Crippen MR) is 75.4 cm³/mol. The quantitative estimate of drug-likeness (QED) is 0.930. The molecular formula is C14H20N4O3. The largest absolute Gasteiger partial charge is 0.476 e. The molecule has 0 aliphatic rings. The standard InChI is InChI=1S/C14H20N4O3/c1-8(2)12-11(13(19)20)16-17-18(12)7-10-15-6-9(21-10)14(3,4)5/h6,8H,7H2,1-5H3,(H,19,20). The first-order chi connectivity index (χ1) is 9.70. The molecule has 0 amide bonds. The van der Waals surface area contributed by atoms with Gasteiger partial charge in [-0.2, -0.15) is 0 Å². The molecule has 0 bridgehead atoms. The zero-order chi connectivity index (χ0) is 15.8. The zero-order valence-electron chi connectivity index (χ0n) is 12.9. The van der Waals surface area contributed by atoms with E-state index >= 15 is 0 Å². The fraction of sp³-hybridized carbons (Fsp3) is 0.571. The van der Waals surface area contributed by atoms with Gasteiger partial charge in [-0.25, -0.2) is 14.5 Å². The Morgan fingerprint density at radius 3 is 2.57 bits per heavy atom. The number of carbonyl (C=O) groups is 1. The van der Waals surface area contributed by atoms with Gasteiger partial charge in [0.05, 0.1) is 11.9 Å². The Labute approximate surface area is 123 Å². The minimum absolute atomic E-state index is 0.0110. The summed E-state index contributed by atoms with van der Waals surface area (Å²) in [4.78, 5) is 15.4. The monoisotopic (exact) mass is 292 g/mol. The molecule has 2 aromatic heterocycles. The molecule has 0 aliphatic heterocycles. The number of aromatic nitrogens is 4. The maximum absolute atomic E-state index is 11.2. The lowest BCUT2D eigenvalue weighted by Crippen LogP contribution is -2.11. The lowest BCUT2D eigenvalue weighted by Gasteiger charge is -2.13. The summed E-state index contributed by atoms with van der Waals surface area (Å²) < 4.78 is 7.24. The van der Waals surface area contributed by atoms with Gasteiger partial charge in [-0.3, -0.25) is 0 Å². The average Bonchev–Trinajstić information content (AvgIpc) is 2.94. The van der Waals surface area contributed by atoms with Crippen LogP contribution in [0.15, 0.2) is 10.6 Å². The summed E-state index contributed by atoms with van der Waals surface area (Å²) in [5.74, 6) is 0.182. The third kappa shape index (κ3) is 3.12. The van der Waals surface area contributed by atoms with Gasteiger partial charge in [0.25, 0.3) is 0 Å². The number of carboxylic acid groups (broad SMARTS) is 1. The summed E-state index contributed by atoms with van der Waals surface area (Å²) in [6.45, 7) is 10.2. The van der Waals surface area contributed by atoms with Gasteiger partial charge in [-0.05, 0) is 5.92 Å². The number of rotatable bonds is 4. The van der Waals surface area contributed by atoms with Crippen molar-refractivity contribution in [2.75, 3.05) is 0 Å². The Morgan fingerprint density at radius 2 is 2.10 bits per heavy atom. The molecule has 0 aromatic carbocycles. The number of oxazole rings is 1. The molecule has 2 heterocycles. The summed E-state index contributed by atoms with van der Waals surface area (Å²) >= 11 is 0. The van der Waals surface area contributed by atoms with Crippen LogP contribution < -0.4 is 0 Å². The van der Waals surface area contributed by atoms with Crippen molar-refractivity contribution in [1.29, 1.82) is 0 Å². The third-order valence-electron chi connectivity index (χ3n) is 3.10. The van der Waals surface area contributed by atoms with Crippen LogP contribution in [-0.2, 0) is 12.0 Å². The molecule has 2 aromatic rings. The third-order valence-corrected chi connectivity index (χ3v) is 3.10. The molecule has 0 radical (unpaired) electrons. The second kappa shape index (κ2) is 5.31. The van der Waals surface area contributed by atoms with Gasteiger partial charge >= 0.3 is 5.97 Å². The van der Waals surface area contributed by atoms with E-state index in [1.165, 1.54) is 4.68 Å². The molecule has 21 heavy (non-hydrogen) atoms. The Morgan fingerprint density at radius 1 is 1.43 bits per heavy atom. The van der Waals surface area contributed by atoms with Crippen LogP contribution in [0.4, 0.5) is 0 Å². The van der Waals surface area contributed by atoms with Crippen LogP contribution in [-0.4, -0.2) is 31.1 Å². The van der Waals surface area contributed by atoms with E-state index < -0.39 is 5.97 Å². The molecule has 0 atom stereocenters. The van der Waals surface area contributed by atoms with Crippen LogP contribution in [0.5, 0.6) is 0 Å². The van der Waals surface area contributed by atoms with E-state index in [1.54, 1.807) is 6.20 Å². The lowest BCUT2D eigenvalue weighted by molar-refractivity contribution is 0.0688. The molecule has 7 nitrogen and oxygen atoms in total. The molecule has 2 rings (SSSR count). The molecule has 0 fully saturated rings. The molecule has 7 heteroatoms. The van der Waals surface area contributed by atoms with Crippen LogP contribution >= 0.6 is 0 Å². The topological polar surface area (TPSA) is 94.0 Å². The highest BCUT2D eigenvalue weighted by atomic mass is 16.4. The Balaban J connectivity index is 2.32. The molecule has 0 unspecified atom stereocenters. The van der Waals surface area contributed by atoms with Crippen molar-refractivity contribution in [3.63, 3.8) is 0 Å². The molecule has 0 aliphatic carbocycles. The summed E-state index contributed by atoms with van der Waals surface area (Å²) in [5.41, 5.74) is 0.423. The Hall–Kier alpha value is -2.18. The summed E-state index contributed by atoms with van der Waals surface area (Å²) in [6, 6.07) is 0. The molecule has 0 saturated heterocycles. The maximum atomic E-state index is 11.2. The molecule has 114 valence electrons. The summed E-state index contributed by atoms with van der Waals surface area (Å²) in [7, 11) is 0. The van der Waals surface area contributed by atoms with Crippen molar-refractivity contribution in [2.24, 2.45) is 0 Å². The maximum Gasteiger partial charge on any atom is 0.358 e. The van der Waals surface area contributed by atoms with Gasteiger partial charge in [0.2, 0.25) is 5.89 Å². The van der Waals surface area contributed by atoms with Crippen molar-refractivity contribution < 1.29 is 14.3 Å². The number of hydrogen-bond donors (Lipinski definition) is 1. The average molecular weight is 292 g/mol. The first-order valence-corrected chi connectivity index (χ1v) is 6.82. The molecule has 0 spiro atoms. The van der Waals surface area contributed by atoms with Gasteiger partial charge in [0, 0.05) is 5.41 Å².